The fourth-order valence-electron chi connectivity index (χ4n) is 5.78. The van der Waals surface area contributed by atoms with Crippen LogP contribution in [-0.2, 0) is 39.9 Å². The van der Waals surface area contributed by atoms with Gasteiger partial charge in [0.05, 0.1) is 49.0 Å². The maximum Gasteiger partial charge on any atom is 0.407 e. The molecule has 2 aliphatic rings. The molecule has 3 rings (SSSR count). The highest BCUT2D eigenvalue weighted by Gasteiger charge is 2.42. The lowest BCUT2D eigenvalue weighted by Crippen LogP contribution is -2.44. The van der Waals surface area contributed by atoms with Gasteiger partial charge in [-0.3, -0.25) is 29.3 Å². The number of carbonyl (C=O) groups is 6. The van der Waals surface area contributed by atoms with E-state index in [1.807, 2.05) is 11.8 Å². The third-order valence-corrected chi connectivity index (χ3v) is 10.3. The van der Waals surface area contributed by atoms with Crippen LogP contribution in [0.4, 0.5) is 15.3 Å². The molecule has 5 unspecified atom stereocenters. The van der Waals surface area contributed by atoms with Crippen LogP contribution >= 0.6 is 11.8 Å². The van der Waals surface area contributed by atoms with E-state index in [0.29, 0.717) is 43.6 Å². The maximum atomic E-state index is 12.4. The van der Waals surface area contributed by atoms with E-state index in [1.54, 1.807) is 0 Å². The number of carbonyl (C=O) groups excluding carboxylic acids is 5. The molecule has 0 saturated carbocycles. The van der Waals surface area contributed by atoms with Gasteiger partial charge in [0.2, 0.25) is 17.7 Å². The fraction of sp³-hybridized carbons (Fsp3) is 0.647. The molecule has 0 radical (unpaired) electrons. The number of benzene rings is 1. The number of carboxylic acids is 1. The Morgan fingerprint density at radius 3 is 2.24 bits per heavy atom. The topological polar surface area (TPSA) is 278 Å². The second kappa shape index (κ2) is 23.9. The molecule has 306 valence electrons. The number of hydrogen-bond donors (Lipinski definition) is 8. The summed E-state index contributed by atoms with van der Waals surface area (Å²) < 4.78 is 16.1. The largest absolute Gasteiger partial charge is 0.480 e. The average Bonchev–Trinajstić information content (AvgIpc) is 3.71. The minimum atomic E-state index is -1.18. The molecule has 20 nitrogen and oxygen atoms in total. The molecule has 8 N–H and O–H groups in total. The monoisotopic (exact) mass is 796 g/mol. The van der Waals surface area contributed by atoms with Crippen LogP contribution in [-0.4, -0.2) is 128 Å². The van der Waals surface area contributed by atoms with Crippen molar-refractivity contribution >= 4 is 53.3 Å². The van der Waals surface area contributed by atoms with Gasteiger partial charge in [-0.1, -0.05) is 12.5 Å². The van der Waals surface area contributed by atoms with E-state index in [1.165, 1.54) is 32.2 Å². The molecule has 0 bridgehead atoms. The summed E-state index contributed by atoms with van der Waals surface area (Å²) in [5.74, 6) is -1.05. The highest BCUT2D eigenvalue weighted by molar-refractivity contribution is 8.00. The summed E-state index contributed by atoms with van der Waals surface area (Å²) in [6, 6.07) is 3.33. The summed E-state index contributed by atoms with van der Waals surface area (Å²) >= 11 is 1.86. The maximum absolute atomic E-state index is 12.4. The number of fused-ring (bicyclic) bond motifs is 1. The lowest BCUT2D eigenvalue weighted by molar-refractivity contribution is -0.386. The molecule has 2 saturated heterocycles. The summed E-state index contributed by atoms with van der Waals surface area (Å²) in [5.41, 5.74) is 0.252. The summed E-state index contributed by atoms with van der Waals surface area (Å²) in [5, 5.41) is 39.9. The Labute approximate surface area is 322 Å². The molecule has 2 fully saturated rings. The molecule has 55 heavy (non-hydrogen) atoms. The Balaban J connectivity index is 1.18. The number of urea groups is 1. The van der Waals surface area contributed by atoms with Crippen LogP contribution in [0.5, 0.6) is 0 Å². The van der Waals surface area contributed by atoms with E-state index in [-0.39, 0.29) is 80.3 Å². The Morgan fingerprint density at radius 2 is 1.60 bits per heavy atom. The zero-order chi connectivity index (χ0) is 40.2. The Morgan fingerprint density at radius 1 is 0.945 bits per heavy atom. The molecule has 0 aliphatic carbocycles. The lowest BCUT2D eigenvalue weighted by atomic mass is 10.0. The number of nitrogens with one attached hydrogen (secondary N) is 7. The number of nitro benzene ring substituents is 1. The third-order valence-electron chi connectivity index (χ3n) is 8.77. The highest BCUT2D eigenvalue weighted by atomic mass is 32.2. The predicted octanol–water partition coefficient (Wildman–Crippen LogP) is 0.442. The van der Waals surface area contributed by atoms with E-state index in [9.17, 15) is 38.9 Å². The Kier molecular flexibility index (Phi) is 19.4. The molecular formula is C34H52N8O12S. The van der Waals surface area contributed by atoms with Crippen molar-refractivity contribution < 1.29 is 53.0 Å². The van der Waals surface area contributed by atoms with Crippen LogP contribution in [0.2, 0.25) is 0 Å². The van der Waals surface area contributed by atoms with Crippen molar-refractivity contribution in [1.82, 2.24) is 37.2 Å². The molecule has 1 aromatic rings. The molecule has 5 atom stereocenters. The third kappa shape index (κ3) is 16.3. The molecule has 1 aromatic carbocycles. The quantitative estimate of drug-likeness (QED) is 0.0274. The number of nitrogens with zero attached hydrogens (tertiary/aromatic N) is 1. The van der Waals surface area contributed by atoms with Gasteiger partial charge in [0.15, 0.2) is 0 Å². The van der Waals surface area contributed by atoms with Crippen molar-refractivity contribution in [3.05, 3.63) is 39.4 Å². The molecular weight excluding hydrogens is 744 g/mol. The summed E-state index contributed by atoms with van der Waals surface area (Å²) in [6.45, 7) is 2.98. The van der Waals surface area contributed by atoms with Crippen LogP contribution in [0.15, 0.2) is 18.2 Å². The van der Waals surface area contributed by atoms with Crippen molar-refractivity contribution in [1.29, 1.82) is 0 Å². The van der Waals surface area contributed by atoms with Gasteiger partial charge in [-0.2, -0.15) is 11.8 Å². The number of aliphatic carboxylic acids is 1. The molecule has 0 aromatic heterocycles. The van der Waals surface area contributed by atoms with Crippen molar-refractivity contribution in [2.45, 2.75) is 81.5 Å². The second-order valence-electron chi connectivity index (χ2n) is 12.8. The van der Waals surface area contributed by atoms with Gasteiger partial charge in [0.25, 0.3) is 5.69 Å². The number of amides is 6. The molecule has 0 spiro atoms. The first-order valence-corrected chi connectivity index (χ1v) is 19.2. The smallest absolute Gasteiger partial charge is 0.407 e. The van der Waals surface area contributed by atoms with Gasteiger partial charge in [0.1, 0.15) is 12.1 Å². The predicted molar refractivity (Wildman–Crippen MR) is 199 cm³/mol. The molecule has 21 heteroatoms. The van der Waals surface area contributed by atoms with Crippen LogP contribution < -0.4 is 37.2 Å². The number of thioether (sulfide) groups is 1. The minimum Gasteiger partial charge on any atom is -0.480 e. The van der Waals surface area contributed by atoms with E-state index in [0.717, 1.165) is 25.0 Å². The van der Waals surface area contributed by atoms with Crippen LogP contribution in [0, 0.1) is 10.1 Å². The highest BCUT2D eigenvalue weighted by Crippen LogP contribution is 2.33. The molecule has 2 heterocycles. The second-order valence-corrected chi connectivity index (χ2v) is 14.1. The van der Waals surface area contributed by atoms with Crippen molar-refractivity contribution in [2.24, 2.45) is 0 Å². The van der Waals surface area contributed by atoms with Gasteiger partial charge < -0.3 is 56.5 Å². The van der Waals surface area contributed by atoms with Crippen LogP contribution in [0.3, 0.4) is 0 Å². The Bertz CT molecular complexity index is 1490. The number of unbranched alkanes of at least 4 members (excludes halogenated alkanes) is 1. The SMILES string of the molecule is CNC(CNC(=O)OC(C)c1cc(CNC(=O)CCC(=O)NCCOCCOCCNC(=O)CCCCC2SCC3NC(=O)NC32)ccc1[N+](=O)[O-])C(=O)O. The lowest BCUT2D eigenvalue weighted by Gasteiger charge is -2.17. The number of rotatable bonds is 26. The van der Waals surface area contributed by atoms with Crippen molar-refractivity contribution in [3.8, 4) is 0 Å². The number of ether oxygens (including phenoxy) is 3. The van der Waals surface area contributed by atoms with Gasteiger partial charge in [0, 0.05) is 62.5 Å². The van der Waals surface area contributed by atoms with Gasteiger partial charge in [-0.05, 0) is 38.4 Å². The summed E-state index contributed by atoms with van der Waals surface area (Å²) in [7, 11) is 1.41. The van der Waals surface area contributed by atoms with Gasteiger partial charge >= 0.3 is 18.1 Å². The first-order valence-electron chi connectivity index (χ1n) is 18.1. The fourth-order valence-corrected chi connectivity index (χ4v) is 7.33. The van der Waals surface area contributed by atoms with Gasteiger partial charge in [-0.25, -0.2) is 9.59 Å². The molecule has 6 amide bonds. The number of carboxylic acid groups (broad SMARTS) is 1. The van der Waals surface area contributed by atoms with Crippen molar-refractivity contribution in [3.63, 3.8) is 0 Å². The van der Waals surface area contributed by atoms with Crippen LogP contribution in [0.25, 0.3) is 0 Å². The summed E-state index contributed by atoms with van der Waals surface area (Å²) in [4.78, 5) is 82.3. The first-order chi connectivity index (χ1) is 26.4. The number of hydrogen-bond acceptors (Lipinski definition) is 13. The zero-order valence-electron chi connectivity index (χ0n) is 31.0. The summed E-state index contributed by atoms with van der Waals surface area (Å²) in [6.07, 6.45) is 0.899. The van der Waals surface area contributed by atoms with Crippen molar-refractivity contribution in [2.75, 3.05) is 58.9 Å². The van der Waals surface area contributed by atoms with Gasteiger partial charge in [-0.15, -0.1) is 0 Å². The zero-order valence-corrected chi connectivity index (χ0v) is 31.8. The van der Waals surface area contributed by atoms with E-state index >= 15 is 0 Å². The normalized spacial score (nSPS) is 18.2. The minimum absolute atomic E-state index is 0.00239. The van der Waals surface area contributed by atoms with E-state index in [4.69, 9.17) is 19.3 Å². The van der Waals surface area contributed by atoms with Crippen LogP contribution in [0.1, 0.15) is 62.7 Å². The van der Waals surface area contributed by atoms with E-state index < -0.39 is 35.0 Å². The van der Waals surface area contributed by atoms with E-state index in [2.05, 4.69) is 37.2 Å². The first kappa shape index (κ1) is 44.7. The Hall–Kier alpha value is -4.73. The number of nitro groups is 1. The number of alkyl carbamates (subject to hydrolysis) is 1. The number of likely N-dealkylation sites (N-methyl/N-ethyl adjacent to an activating group) is 1. The molecule has 2 aliphatic heterocycles. The standard InChI is InChI=1S/C34H52N8O12S/c1-21(54-34(49)39-19-24(35-2)32(46)47)23-17-22(7-8-26(23)42(50)51)18-38-30(45)10-9-29(44)37-12-14-53-16-15-52-13-11-36-28(43)6-4-3-5-27-31-25(20-55-27)40-33(48)41-31/h7-8,17,21,24-25,27,31,35H,3-6,9-16,18-20H2,1-2H3,(H,36,43)(H,37,44)(H,38,45)(H,39,49)(H,46,47)(H2,40,41,48). The average molecular weight is 797 g/mol.